The van der Waals surface area contributed by atoms with Crippen LogP contribution < -0.4 is 4.74 Å². The van der Waals surface area contributed by atoms with Gasteiger partial charge in [-0.15, -0.1) is 0 Å². The molecule has 1 aromatic rings. The van der Waals surface area contributed by atoms with E-state index in [1.807, 2.05) is 24.3 Å². The van der Waals surface area contributed by atoms with Crippen LogP contribution in [0.5, 0.6) is 5.75 Å². The molecule has 0 amide bonds. The van der Waals surface area contributed by atoms with E-state index >= 15 is 0 Å². The maximum atomic E-state index is 10.6. The van der Waals surface area contributed by atoms with Gasteiger partial charge in [-0.2, -0.15) is 0 Å². The van der Waals surface area contributed by atoms with Crippen molar-refractivity contribution in [1.29, 1.82) is 0 Å². The molecular formula is C13H14O3. The summed E-state index contributed by atoms with van der Waals surface area (Å²) in [6, 6.07) is 5.87. The normalized spacial score (nSPS) is 13.9. The number of fused-ring (bicyclic) bond motifs is 1. The minimum absolute atomic E-state index is 0.136. The molecule has 1 N–H and O–H groups in total. The van der Waals surface area contributed by atoms with Crippen molar-refractivity contribution in [3.63, 3.8) is 0 Å². The second kappa shape index (κ2) is 4.39. The van der Waals surface area contributed by atoms with Gasteiger partial charge in [0, 0.05) is 5.56 Å². The Morgan fingerprint density at radius 3 is 2.94 bits per heavy atom. The van der Waals surface area contributed by atoms with Gasteiger partial charge in [-0.1, -0.05) is 23.8 Å². The third-order valence-corrected chi connectivity index (χ3v) is 2.82. The van der Waals surface area contributed by atoms with Gasteiger partial charge in [0.05, 0.1) is 13.5 Å². The molecule has 84 valence electrons. The van der Waals surface area contributed by atoms with Crippen molar-refractivity contribution >= 4 is 12.0 Å². The van der Waals surface area contributed by atoms with E-state index in [0.29, 0.717) is 0 Å². The van der Waals surface area contributed by atoms with E-state index in [-0.39, 0.29) is 6.42 Å². The second-order valence-corrected chi connectivity index (χ2v) is 3.90. The summed E-state index contributed by atoms with van der Waals surface area (Å²) in [4.78, 5) is 10.6. The molecule has 1 aliphatic rings. The van der Waals surface area contributed by atoms with Crippen LogP contribution in [-0.4, -0.2) is 18.2 Å². The average Bonchev–Trinajstić information content (AvgIpc) is 2.27. The van der Waals surface area contributed by atoms with Gasteiger partial charge in [-0.25, -0.2) is 0 Å². The maximum Gasteiger partial charge on any atom is 0.307 e. The van der Waals surface area contributed by atoms with Crippen LogP contribution in [0.3, 0.4) is 0 Å². The van der Waals surface area contributed by atoms with E-state index in [9.17, 15) is 4.79 Å². The first-order valence-electron chi connectivity index (χ1n) is 5.28. The Balaban J connectivity index is 2.33. The predicted molar refractivity (Wildman–Crippen MR) is 61.5 cm³/mol. The molecule has 3 heteroatoms. The van der Waals surface area contributed by atoms with Crippen LogP contribution in [0.25, 0.3) is 6.08 Å². The quantitative estimate of drug-likeness (QED) is 0.847. The van der Waals surface area contributed by atoms with Gasteiger partial charge < -0.3 is 9.84 Å². The van der Waals surface area contributed by atoms with Gasteiger partial charge in [0.15, 0.2) is 0 Å². The zero-order valence-corrected chi connectivity index (χ0v) is 9.19. The Bertz CT molecular complexity index is 446. The summed E-state index contributed by atoms with van der Waals surface area (Å²) in [5, 5.41) is 8.75. The molecule has 0 atom stereocenters. The molecule has 0 saturated heterocycles. The summed E-state index contributed by atoms with van der Waals surface area (Å²) >= 11 is 0. The largest absolute Gasteiger partial charge is 0.496 e. The highest BCUT2D eigenvalue weighted by atomic mass is 16.5. The molecule has 0 saturated carbocycles. The van der Waals surface area contributed by atoms with E-state index in [1.165, 1.54) is 5.56 Å². The van der Waals surface area contributed by atoms with Gasteiger partial charge in [-0.05, 0) is 24.5 Å². The van der Waals surface area contributed by atoms with Gasteiger partial charge in [-0.3, -0.25) is 4.79 Å². The first-order chi connectivity index (χ1) is 7.70. The number of benzene rings is 1. The van der Waals surface area contributed by atoms with E-state index in [2.05, 4.69) is 0 Å². The number of hydrogen-bond donors (Lipinski definition) is 1. The average molecular weight is 218 g/mol. The first kappa shape index (κ1) is 10.7. The van der Waals surface area contributed by atoms with E-state index in [1.54, 1.807) is 7.11 Å². The zero-order valence-electron chi connectivity index (χ0n) is 9.19. The Morgan fingerprint density at radius 1 is 1.44 bits per heavy atom. The lowest BCUT2D eigenvalue weighted by Crippen LogP contribution is -2.05. The highest BCUT2D eigenvalue weighted by Gasteiger charge is 2.15. The molecule has 0 aliphatic heterocycles. The lowest BCUT2D eigenvalue weighted by molar-refractivity contribution is -0.136. The number of carbonyl (C=O) groups is 1. The zero-order chi connectivity index (χ0) is 11.5. The maximum absolute atomic E-state index is 10.6. The van der Waals surface area contributed by atoms with Crippen molar-refractivity contribution in [2.45, 2.75) is 19.3 Å². The van der Waals surface area contributed by atoms with Crippen LogP contribution in [0.4, 0.5) is 0 Å². The fraction of sp³-hybridized carbons (Fsp3) is 0.308. The van der Waals surface area contributed by atoms with Crippen LogP contribution in [0, 0.1) is 0 Å². The summed E-state index contributed by atoms with van der Waals surface area (Å²) in [5.41, 5.74) is 3.24. The third kappa shape index (κ3) is 2.08. The number of methoxy groups -OCH3 is 1. The van der Waals surface area contributed by atoms with Crippen molar-refractivity contribution in [2.24, 2.45) is 0 Å². The summed E-state index contributed by atoms with van der Waals surface area (Å²) in [6.45, 7) is 0. The molecule has 0 bridgehead atoms. The lowest BCUT2D eigenvalue weighted by Gasteiger charge is -2.18. The molecule has 0 aromatic heterocycles. The molecule has 0 unspecified atom stereocenters. The lowest BCUT2D eigenvalue weighted by atomic mass is 9.90. The number of ether oxygens (including phenoxy) is 1. The minimum Gasteiger partial charge on any atom is -0.496 e. The SMILES string of the molecule is COc1cccc2c1CCC(CC(=O)O)=C2. The van der Waals surface area contributed by atoms with E-state index < -0.39 is 5.97 Å². The molecule has 1 aliphatic carbocycles. The fourth-order valence-electron chi connectivity index (χ4n) is 2.09. The number of carboxylic acids is 1. The summed E-state index contributed by atoms with van der Waals surface area (Å²) < 4.78 is 5.28. The Morgan fingerprint density at radius 2 is 2.25 bits per heavy atom. The van der Waals surface area contributed by atoms with Crippen LogP contribution in [-0.2, 0) is 11.2 Å². The van der Waals surface area contributed by atoms with Gasteiger partial charge in [0.2, 0.25) is 0 Å². The smallest absolute Gasteiger partial charge is 0.307 e. The van der Waals surface area contributed by atoms with E-state index in [4.69, 9.17) is 9.84 Å². The highest BCUT2D eigenvalue weighted by molar-refractivity contribution is 5.74. The third-order valence-electron chi connectivity index (χ3n) is 2.82. The summed E-state index contributed by atoms with van der Waals surface area (Å²) in [6.07, 6.45) is 3.77. The van der Waals surface area contributed by atoms with Crippen LogP contribution in [0.15, 0.2) is 23.8 Å². The second-order valence-electron chi connectivity index (χ2n) is 3.90. The first-order valence-corrected chi connectivity index (χ1v) is 5.28. The van der Waals surface area contributed by atoms with Gasteiger partial charge >= 0.3 is 5.97 Å². The molecule has 3 nitrogen and oxygen atoms in total. The number of hydrogen-bond acceptors (Lipinski definition) is 2. The standard InChI is InChI=1S/C13H14O3/c1-16-12-4-2-3-10-7-9(8-13(14)15)5-6-11(10)12/h2-4,7H,5-6,8H2,1H3,(H,14,15). The van der Waals surface area contributed by atoms with Gasteiger partial charge in [0.25, 0.3) is 0 Å². The molecule has 1 aromatic carbocycles. The Labute approximate surface area is 94.4 Å². The van der Waals surface area contributed by atoms with E-state index in [0.717, 1.165) is 29.7 Å². The predicted octanol–water partition coefficient (Wildman–Crippen LogP) is 2.50. The van der Waals surface area contributed by atoms with Crippen LogP contribution in [0.1, 0.15) is 24.0 Å². The van der Waals surface area contributed by atoms with Crippen molar-refractivity contribution in [1.82, 2.24) is 0 Å². The number of aliphatic carboxylic acids is 1. The van der Waals surface area contributed by atoms with Crippen LogP contribution >= 0.6 is 0 Å². The Hall–Kier alpha value is -1.77. The molecule has 0 spiro atoms. The van der Waals surface area contributed by atoms with Crippen molar-refractivity contribution in [3.8, 4) is 5.75 Å². The van der Waals surface area contributed by atoms with Gasteiger partial charge in [0.1, 0.15) is 5.75 Å². The van der Waals surface area contributed by atoms with Crippen LogP contribution in [0.2, 0.25) is 0 Å². The molecule has 16 heavy (non-hydrogen) atoms. The van der Waals surface area contributed by atoms with Crippen molar-refractivity contribution in [2.75, 3.05) is 7.11 Å². The summed E-state index contributed by atoms with van der Waals surface area (Å²) in [7, 11) is 1.66. The van der Waals surface area contributed by atoms with Crippen molar-refractivity contribution in [3.05, 3.63) is 34.9 Å². The molecule has 0 heterocycles. The van der Waals surface area contributed by atoms with Crippen molar-refractivity contribution < 1.29 is 14.6 Å². The number of rotatable bonds is 3. The minimum atomic E-state index is -0.766. The monoisotopic (exact) mass is 218 g/mol. The highest BCUT2D eigenvalue weighted by Crippen LogP contribution is 2.31. The Kier molecular flexibility index (Phi) is 2.95. The summed E-state index contributed by atoms with van der Waals surface area (Å²) in [5.74, 6) is 0.126. The molecule has 0 radical (unpaired) electrons. The molecular weight excluding hydrogens is 204 g/mol. The fourth-order valence-corrected chi connectivity index (χ4v) is 2.09. The number of carboxylic acid groups (broad SMARTS) is 1. The topological polar surface area (TPSA) is 46.5 Å². The molecule has 0 fully saturated rings. The molecule has 2 rings (SSSR count).